The minimum Gasteiger partial charge on any atom is -0.497 e. The van der Waals surface area contributed by atoms with Gasteiger partial charge in [-0.05, 0) is 50.3 Å². The molecule has 0 atom stereocenters. The first kappa shape index (κ1) is 22.9. The molecule has 1 aliphatic carbocycles. The maximum atomic E-state index is 5.48. The lowest BCUT2D eigenvalue weighted by Crippen LogP contribution is -2.49. The standard InChI is InChI=1S/C24H40N4O2/c1-4-25-23(27-21-10-14-28(15-11-21)16-17-29-2)26-19-24(12-5-6-13-24)20-8-7-9-22(18-20)30-3/h7-9,18,21H,4-6,10-17,19H2,1-3H3,(H2,25,26,27). The molecule has 1 aliphatic heterocycles. The zero-order valence-electron chi connectivity index (χ0n) is 19.1. The first-order valence-electron chi connectivity index (χ1n) is 11.6. The molecule has 0 amide bonds. The van der Waals surface area contributed by atoms with E-state index in [0.717, 1.165) is 63.9 Å². The number of aliphatic imine (C=N–C) groups is 1. The average molecular weight is 417 g/mol. The summed E-state index contributed by atoms with van der Waals surface area (Å²) >= 11 is 0. The van der Waals surface area contributed by atoms with Gasteiger partial charge in [-0.1, -0.05) is 25.0 Å². The quantitative estimate of drug-likeness (QED) is 0.478. The molecule has 1 saturated carbocycles. The van der Waals surface area contributed by atoms with Gasteiger partial charge in [0.25, 0.3) is 0 Å². The van der Waals surface area contributed by atoms with Crippen molar-refractivity contribution >= 4 is 5.96 Å². The molecule has 168 valence electrons. The predicted octanol–water partition coefficient (Wildman–Crippen LogP) is 3.17. The highest BCUT2D eigenvalue weighted by atomic mass is 16.5. The van der Waals surface area contributed by atoms with Gasteiger partial charge in [0.2, 0.25) is 0 Å². The predicted molar refractivity (Wildman–Crippen MR) is 124 cm³/mol. The maximum Gasteiger partial charge on any atom is 0.191 e. The summed E-state index contributed by atoms with van der Waals surface area (Å²) in [6, 6.07) is 9.08. The lowest BCUT2D eigenvalue weighted by atomic mass is 9.79. The van der Waals surface area contributed by atoms with Crippen LogP contribution in [-0.4, -0.2) is 70.5 Å². The normalized spacial score (nSPS) is 20.3. The van der Waals surface area contributed by atoms with Crippen molar-refractivity contribution in [2.45, 2.75) is 56.9 Å². The summed E-state index contributed by atoms with van der Waals surface area (Å²) in [6.45, 7) is 7.92. The van der Waals surface area contributed by atoms with Gasteiger partial charge in [-0.15, -0.1) is 0 Å². The van der Waals surface area contributed by atoms with Crippen LogP contribution < -0.4 is 15.4 Å². The number of ether oxygens (including phenoxy) is 2. The number of benzene rings is 1. The van der Waals surface area contributed by atoms with E-state index in [0.29, 0.717) is 6.04 Å². The van der Waals surface area contributed by atoms with Gasteiger partial charge >= 0.3 is 0 Å². The highest BCUT2D eigenvalue weighted by Crippen LogP contribution is 2.42. The van der Waals surface area contributed by atoms with Crippen LogP contribution in [0.5, 0.6) is 5.75 Å². The second-order valence-electron chi connectivity index (χ2n) is 8.67. The molecule has 30 heavy (non-hydrogen) atoms. The van der Waals surface area contributed by atoms with Gasteiger partial charge in [0.05, 0.1) is 20.3 Å². The molecule has 3 rings (SSSR count). The molecule has 2 aliphatic rings. The summed E-state index contributed by atoms with van der Waals surface area (Å²) < 4.78 is 10.7. The molecule has 6 nitrogen and oxygen atoms in total. The van der Waals surface area contributed by atoms with Crippen LogP contribution in [0.4, 0.5) is 0 Å². The highest BCUT2D eigenvalue weighted by molar-refractivity contribution is 5.80. The largest absolute Gasteiger partial charge is 0.497 e. The van der Waals surface area contributed by atoms with Gasteiger partial charge < -0.3 is 25.0 Å². The first-order valence-corrected chi connectivity index (χ1v) is 11.6. The third kappa shape index (κ3) is 6.11. The number of guanidine groups is 1. The van der Waals surface area contributed by atoms with Crippen LogP contribution in [0.15, 0.2) is 29.3 Å². The topological polar surface area (TPSA) is 58.1 Å². The molecule has 0 unspecified atom stereocenters. The van der Waals surface area contributed by atoms with E-state index in [4.69, 9.17) is 14.5 Å². The molecule has 1 aromatic carbocycles. The van der Waals surface area contributed by atoms with Gasteiger partial charge in [0.1, 0.15) is 5.75 Å². The van der Waals surface area contributed by atoms with Crippen LogP contribution in [-0.2, 0) is 10.2 Å². The van der Waals surface area contributed by atoms with E-state index in [1.54, 1.807) is 14.2 Å². The van der Waals surface area contributed by atoms with Crippen LogP contribution in [0.1, 0.15) is 51.0 Å². The summed E-state index contributed by atoms with van der Waals surface area (Å²) in [5, 5.41) is 7.18. The Morgan fingerprint density at radius 3 is 2.63 bits per heavy atom. The fourth-order valence-corrected chi connectivity index (χ4v) is 4.81. The Morgan fingerprint density at radius 2 is 1.97 bits per heavy atom. The Hall–Kier alpha value is -1.79. The lowest BCUT2D eigenvalue weighted by Gasteiger charge is -2.33. The van der Waals surface area contributed by atoms with Gasteiger partial charge in [-0.2, -0.15) is 0 Å². The zero-order valence-corrected chi connectivity index (χ0v) is 19.1. The van der Waals surface area contributed by atoms with E-state index in [1.165, 1.54) is 31.2 Å². The van der Waals surface area contributed by atoms with E-state index in [9.17, 15) is 0 Å². The van der Waals surface area contributed by atoms with Crippen molar-refractivity contribution in [3.63, 3.8) is 0 Å². The molecule has 1 saturated heterocycles. The third-order valence-electron chi connectivity index (χ3n) is 6.67. The Balaban J connectivity index is 1.64. The van der Waals surface area contributed by atoms with Crippen molar-refractivity contribution < 1.29 is 9.47 Å². The second-order valence-corrected chi connectivity index (χ2v) is 8.67. The number of rotatable bonds is 9. The van der Waals surface area contributed by atoms with Crippen LogP contribution in [0.25, 0.3) is 0 Å². The molecular weight excluding hydrogens is 376 g/mol. The first-order chi connectivity index (χ1) is 14.7. The fourth-order valence-electron chi connectivity index (χ4n) is 4.81. The van der Waals surface area contributed by atoms with Gasteiger partial charge in [-0.3, -0.25) is 4.99 Å². The number of nitrogens with zero attached hydrogens (tertiary/aromatic N) is 2. The fraction of sp³-hybridized carbons (Fsp3) is 0.708. The van der Waals surface area contributed by atoms with E-state index in [2.05, 4.69) is 40.7 Å². The average Bonchev–Trinajstić information content (AvgIpc) is 3.27. The minimum atomic E-state index is 0.125. The number of piperidine rings is 1. The molecule has 6 heteroatoms. The van der Waals surface area contributed by atoms with Gasteiger partial charge in [-0.25, -0.2) is 0 Å². The van der Waals surface area contributed by atoms with E-state index < -0.39 is 0 Å². The lowest BCUT2D eigenvalue weighted by molar-refractivity contribution is 0.128. The number of hydrogen-bond donors (Lipinski definition) is 2. The Morgan fingerprint density at radius 1 is 1.20 bits per heavy atom. The summed E-state index contributed by atoms with van der Waals surface area (Å²) in [5.41, 5.74) is 1.49. The Kier molecular flexibility index (Phi) is 8.82. The number of hydrogen-bond acceptors (Lipinski definition) is 4. The van der Waals surface area contributed by atoms with Crippen molar-refractivity contribution in [3.8, 4) is 5.75 Å². The van der Waals surface area contributed by atoms with Crippen molar-refractivity contribution in [2.24, 2.45) is 4.99 Å². The summed E-state index contributed by atoms with van der Waals surface area (Å²) in [4.78, 5) is 7.57. The van der Waals surface area contributed by atoms with Crippen molar-refractivity contribution in [1.29, 1.82) is 0 Å². The monoisotopic (exact) mass is 416 g/mol. The SMILES string of the molecule is CCNC(=NCC1(c2cccc(OC)c2)CCCC1)NC1CCN(CCOC)CC1. The molecule has 2 fully saturated rings. The van der Waals surface area contributed by atoms with Crippen LogP contribution >= 0.6 is 0 Å². The molecular formula is C24H40N4O2. The summed E-state index contributed by atoms with van der Waals surface area (Å²) in [7, 11) is 3.52. The third-order valence-corrected chi connectivity index (χ3v) is 6.67. The molecule has 1 heterocycles. The smallest absolute Gasteiger partial charge is 0.191 e. The Bertz CT molecular complexity index is 665. The van der Waals surface area contributed by atoms with Gasteiger partial charge in [0, 0.05) is 44.7 Å². The number of methoxy groups -OCH3 is 2. The number of likely N-dealkylation sites (tertiary alicyclic amines) is 1. The zero-order chi connectivity index (χ0) is 21.2. The molecule has 0 bridgehead atoms. The van der Waals surface area contributed by atoms with Crippen molar-refractivity contribution in [3.05, 3.63) is 29.8 Å². The summed E-state index contributed by atoms with van der Waals surface area (Å²) in [5.74, 6) is 1.90. The minimum absolute atomic E-state index is 0.125. The molecule has 1 aromatic rings. The number of nitrogens with one attached hydrogen (secondary N) is 2. The molecule has 2 N–H and O–H groups in total. The van der Waals surface area contributed by atoms with Crippen LogP contribution in [0.2, 0.25) is 0 Å². The van der Waals surface area contributed by atoms with E-state index in [-0.39, 0.29) is 5.41 Å². The Labute approximate surface area is 182 Å². The van der Waals surface area contributed by atoms with Gasteiger partial charge in [0.15, 0.2) is 5.96 Å². The van der Waals surface area contributed by atoms with Crippen molar-refractivity contribution in [1.82, 2.24) is 15.5 Å². The van der Waals surface area contributed by atoms with E-state index >= 15 is 0 Å². The summed E-state index contributed by atoms with van der Waals surface area (Å²) in [6.07, 6.45) is 7.24. The second kappa shape index (κ2) is 11.6. The molecule has 0 radical (unpaired) electrons. The highest BCUT2D eigenvalue weighted by Gasteiger charge is 2.36. The van der Waals surface area contributed by atoms with Crippen LogP contribution in [0.3, 0.4) is 0 Å². The van der Waals surface area contributed by atoms with Crippen molar-refractivity contribution in [2.75, 3.05) is 53.6 Å². The maximum absolute atomic E-state index is 5.48. The molecule has 0 aromatic heterocycles. The molecule has 0 spiro atoms. The van der Waals surface area contributed by atoms with Crippen LogP contribution in [0, 0.1) is 0 Å². The van der Waals surface area contributed by atoms with E-state index in [1.807, 2.05) is 6.07 Å².